The Hall–Kier alpha value is -2.88. The Balaban J connectivity index is 1.93. The molecular formula is C19H15IN2O5. The van der Waals surface area contributed by atoms with Crippen LogP contribution in [0.15, 0.2) is 58.7 Å². The maximum absolute atomic E-state index is 11.9. The lowest BCUT2D eigenvalue weighted by Crippen LogP contribution is -2.15. The summed E-state index contributed by atoms with van der Waals surface area (Å²) in [5.41, 5.74) is 2.58. The van der Waals surface area contributed by atoms with Crippen molar-refractivity contribution in [2.45, 2.75) is 0 Å². The van der Waals surface area contributed by atoms with E-state index in [0.717, 1.165) is 15.2 Å². The van der Waals surface area contributed by atoms with Crippen LogP contribution in [0.4, 0.5) is 5.69 Å². The number of hydrogen-bond acceptors (Lipinski definition) is 7. The first-order chi connectivity index (χ1) is 13.0. The predicted octanol–water partition coefficient (Wildman–Crippen LogP) is 3.74. The van der Waals surface area contributed by atoms with E-state index in [1.165, 1.54) is 14.2 Å². The molecule has 0 aliphatic rings. The second-order valence-corrected chi connectivity index (χ2v) is 6.66. The van der Waals surface area contributed by atoms with E-state index in [-0.39, 0.29) is 5.70 Å². The molecule has 0 bridgehead atoms. The number of nitrogens with one attached hydrogen (secondary N) is 1. The van der Waals surface area contributed by atoms with Crippen LogP contribution in [0.1, 0.15) is 0 Å². The number of rotatable bonds is 5. The number of hydrogen-bond donors (Lipinski definition) is 1. The number of methoxy groups -OCH3 is 2. The summed E-state index contributed by atoms with van der Waals surface area (Å²) in [7, 11) is 2.45. The van der Waals surface area contributed by atoms with Crippen molar-refractivity contribution >= 4 is 51.3 Å². The number of halogens is 1. The van der Waals surface area contributed by atoms with E-state index in [9.17, 15) is 9.59 Å². The molecule has 0 amide bonds. The van der Waals surface area contributed by atoms with Gasteiger partial charge in [-0.3, -0.25) is 0 Å². The molecule has 1 heterocycles. The lowest BCUT2D eigenvalue weighted by atomic mass is 10.2. The maximum atomic E-state index is 11.9. The first kappa shape index (κ1) is 18.9. The van der Waals surface area contributed by atoms with E-state index >= 15 is 0 Å². The molecule has 3 aromatic rings. The molecule has 0 fully saturated rings. The third-order valence-electron chi connectivity index (χ3n) is 3.61. The standard InChI is InChI=1S/C19H15IN2O5/c1-25-17(23)10-15(19(24)26-2)21-13-6-7-16-14(9-13)22-18(27-16)11-4-3-5-12(20)8-11/h3-10,21H,1-2H3/b15-10+. The molecule has 0 aliphatic carbocycles. The molecule has 3 rings (SSSR count). The van der Waals surface area contributed by atoms with Gasteiger partial charge in [-0.05, 0) is 59.0 Å². The molecule has 0 spiro atoms. The lowest BCUT2D eigenvalue weighted by molar-refractivity contribution is -0.138. The van der Waals surface area contributed by atoms with E-state index < -0.39 is 11.9 Å². The summed E-state index contributed by atoms with van der Waals surface area (Å²) in [6.45, 7) is 0. The largest absolute Gasteiger partial charge is 0.466 e. The van der Waals surface area contributed by atoms with Crippen molar-refractivity contribution < 1.29 is 23.5 Å². The summed E-state index contributed by atoms with van der Waals surface area (Å²) in [6, 6.07) is 13.0. The molecule has 8 heteroatoms. The predicted molar refractivity (Wildman–Crippen MR) is 108 cm³/mol. The van der Waals surface area contributed by atoms with E-state index in [1.54, 1.807) is 18.2 Å². The number of fused-ring (bicyclic) bond motifs is 1. The van der Waals surface area contributed by atoms with Crippen LogP contribution in [0.5, 0.6) is 0 Å². The fraction of sp³-hybridized carbons (Fsp3) is 0.105. The number of nitrogens with zero attached hydrogens (tertiary/aromatic N) is 1. The zero-order valence-electron chi connectivity index (χ0n) is 14.5. The van der Waals surface area contributed by atoms with Crippen molar-refractivity contribution in [3.05, 3.63) is 57.8 Å². The van der Waals surface area contributed by atoms with Crippen molar-refractivity contribution in [3.8, 4) is 11.5 Å². The molecule has 2 aromatic carbocycles. The van der Waals surface area contributed by atoms with Crippen LogP contribution in [0.2, 0.25) is 0 Å². The Bertz CT molecular complexity index is 1040. The van der Waals surface area contributed by atoms with Gasteiger partial charge in [0.15, 0.2) is 5.58 Å². The van der Waals surface area contributed by atoms with Crippen LogP contribution < -0.4 is 5.32 Å². The van der Waals surface area contributed by atoms with Gasteiger partial charge in [-0.15, -0.1) is 0 Å². The van der Waals surface area contributed by atoms with Crippen LogP contribution in [0.25, 0.3) is 22.6 Å². The minimum absolute atomic E-state index is 0.0509. The SMILES string of the molecule is COC(=O)/C=C(/Nc1ccc2oc(-c3cccc(I)c3)nc2c1)C(=O)OC. The van der Waals surface area contributed by atoms with E-state index in [1.807, 2.05) is 24.3 Å². The third kappa shape index (κ3) is 4.45. The van der Waals surface area contributed by atoms with Gasteiger partial charge >= 0.3 is 11.9 Å². The van der Waals surface area contributed by atoms with Gasteiger partial charge in [0.05, 0.1) is 20.3 Å². The summed E-state index contributed by atoms with van der Waals surface area (Å²) >= 11 is 2.22. The van der Waals surface area contributed by atoms with Gasteiger partial charge < -0.3 is 19.2 Å². The summed E-state index contributed by atoms with van der Waals surface area (Å²) in [5.74, 6) is -0.870. The molecule has 7 nitrogen and oxygen atoms in total. The van der Waals surface area contributed by atoms with Gasteiger partial charge in [-0.25, -0.2) is 14.6 Å². The first-order valence-electron chi connectivity index (χ1n) is 7.81. The summed E-state index contributed by atoms with van der Waals surface area (Å²) in [4.78, 5) is 27.8. The minimum Gasteiger partial charge on any atom is -0.466 e. The van der Waals surface area contributed by atoms with Crippen LogP contribution >= 0.6 is 22.6 Å². The zero-order valence-corrected chi connectivity index (χ0v) is 16.6. The molecule has 1 N–H and O–H groups in total. The molecule has 0 saturated heterocycles. The van der Waals surface area contributed by atoms with Crippen molar-refractivity contribution in [3.63, 3.8) is 0 Å². The Morgan fingerprint density at radius 1 is 1.15 bits per heavy atom. The Kier molecular flexibility index (Phi) is 5.75. The Morgan fingerprint density at radius 2 is 1.96 bits per heavy atom. The first-order valence-corrected chi connectivity index (χ1v) is 8.89. The Morgan fingerprint density at radius 3 is 2.67 bits per heavy atom. The van der Waals surface area contributed by atoms with Gasteiger partial charge in [0.1, 0.15) is 11.2 Å². The average Bonchev–Trinajstić information content (AvgIpc) is 3.10. The summed E-state index contributed by atoms with van der Waals surface area (Å²) in [5, 5.41) is 2.85. The minimum atomic E-state index is -0.694. The van der Waals surface area contributed by atoms with E-state index in [4.69, 9.17) is 4.42 Å². The monoisotopic (exact) mass is 478 g/mol. The highest BCUT2D eigenvalue weighted by Crippen LogP contribution is 2.27. The highest BCUT2D eigenvalue weighted by Gasteiger charge is 2.14. The number of ether oxygens (including phenoxy) is 2. The topological polar surface area (TPSA) is 90.7 Å². The van der Waals surface area contributed by atoms with Crippen LogP contribution in [-0.4, -0.2) is 31.1 Å². The Labute approximate surface area is 168 Å². The van der Waals surface area contributed by atoms with Crippen LogP contribution in [0, 0.1) is 3.57 Å². The smallest absolute Gasteiger partial charge is 0.354 e. The number of esters is 2. The van der Waals surface area contributed by atoms with Crippen molar-refractivity contribution in [1.82, 2.24) is 4.98 Å². The number of aromatic nitrogens is 1. The zero-order chi connectivity index (χ0) is 19.4. The third-order valence-corrected chi connectivity index (χ3v) is 4.28. The summed E-state index contributed by atoms with van der Waals surface area (Å²) < 4.78 is 16.1. The number of carbonyl (C=O) groups is 2. The van der Waals surface area contributed by atoms with E-state index in [0.29, 0.717) is 22.7 Å². The van der Waals surface area contributed by atoms with Gasteiger partial charge in [-0.2, -0.15) is 0 Å². The molecule has 0 radical (unpaired) electrons. The van der Waals surface area contributed by atoms with Gasteiger partial charge in [0.25, 0.3) is 0 Å². The molecule has 1 aromatic heterocycles. The number of oxazole rings is 1. The quantitative estimate of drug-likeness (QED) is 0.340. The highest BCUT2D eigenvalue weighted by molar-refractivity contribution is 14.1. The number of anilines is 1. The molecule has 27 heavy (non-hydrogen) atoms. The normalized spacial score (nSPS) is 11.3. The van der Waals surface area contributed by atoms with Crippen molar-refractivity contribution in [1.29, 1.82) is 0 Å². The summed E-state index contributed by atoms with van der Waals surface area (Å²) in [6.07, 6.45) is 1.02. The molecule has 0 atom stereocenters. The van der Waals surface area contributed by atoms with Gasteiger partial charge in [0, 0.05) is 14.8 Å². The fourth-order valence-electron chi connectivity index (χ4n) is 2.34. The fourth-order valence-corrected chi connectivity index (χ4v) is 2.88. The van der Waals surface area contributed by atoms with Crippen LogP contribution in [-0.2, 0) is 19.1 Å². The molecule has 0 unspecified atom stereocenters. The molecule has 0 saturated carbocycles. The van der Waals surface area contributed by atoms with Gasteiger partial charge in [0.2, 0.25) is 5.89 Å². The number of carbonyl (C=O) groups excluding carboxylic acids is 2. The highest BCUT2D eigenvalue weighted by atomic mass is 127. The molecule has 138 valence electrons. The van der Waals surface area contributed by atoms with Crippen molar-refractivity contribution in [2.24, 2.45) is 0 Å². The lowest BCUT2D eigenvalue weighted by Gasteiger charge is -2.08. The van der Waals surface area contributed by atoms with E-state index in [2.05, 4.69) is 42.4 Å². The molecule has 0 aliphatic heterocycles. The average molecular weight is 478 g/mol. The second-order valence-electron chi connectivity index (χ2n) is 5.41. The van der Waals surface area contributed by atoms with Crippen molar-refractivity contribution in [2.75, 3.05) is 19.5 Å². The number of benzene rings is 2. The second kappa shape index (κ2) is 8.21. The maximum Gasteiger partial charge on any atom is 0.354 e. The van der Waals surface area contributed by atoms with Gasteiger partial charge in [-0.1, -0.05) is 6.07 Å². The molecular weight excluding hydrogens is 463 g/mol. The van der Waals surface area contributed by atoms with Crippen LogP contribution in [0.3, 0.4) is 0 Å².